The van der Waals surface area contributed by atoms with Crippen molar-refractivity contribution >= 4 is 21.9 Å². The van der Waals surface area contributed by atoms with Gasteiger partial charge in [0.1, 0.15) is 0 Å². The Morgan fingerprint density at radius 1 is 0.972 bits per heavy atom. The van der Waals surface area contributed by atoms with E-state index >= 15 is 0 Å². The Labute approximate surface area is 213 Å². The van der Waals surface area contributed by atoms with Gasteiger partial charge in [-0.2, -0.15) is 0 Å². The smallest absolute Gasteiger partial charge is 0.338 e. The first kappa shape index (κ1) is 25.0. The van der Waals surface area contributed by atoms with Gasteiger partial charge in [0.15, 0.2) is 6.61 Å². The maximum atomic E-state index is 12.7. The zero-order valence-electron chi connectivity index (χ0n) is 20.6. The predicted molar refractivity (Wildman–Crippen MR) is 135 cm³/mol. The number of ether oxygens (including phenoxy) is 1. The molecular weight excluding hydrogens is 476 g/mol. The van der Waals surface area contributed by atoms with Crippen LogP contribution in [-0.4, -0.2) is 32.9 Å². The molecule has 8 heteroatoms. The highest BCUT2D eigenvalue weighted by Crippen LogP contribution is 2.61. The molecule has 4 aliphatic carbocycles. The molecule has 0 aromatic heterocycles. The molecule has 7 nitrogen and oxygen atoms in total. The number of esters is 1. The number of nitrogens with one attached hydrogen (secondary N) is 2. The minimum Gasteiger partial charge on any atom is -0.452 e. The lowest BCUT2D eigenvalue weighted by Gasteiger charge is -2.59. The van der Waals surface area contributed by atoms with Gasteiger partial charge in [-0.1, -0.05) is 36.4 Å². The van der Waals surface area contributed by atoms with Crippen molar-refractivity contribution in [3.8, 4) is 0 Å². The fraction of sp³-hybridized carbons (Fsp3) is 0.500. The number of rotatable bonds is 9. The van der Waals surface area contributed by atoms with E-state index in [0.29, 0.717) is 0 Å². The number of hydrogen-bond donors (Lipinski definition) is 2. The van der Waals surface area contributed by atoms with E-state index in [2.05, 4.69) is 17.0 Å². The van der Waals surface area contributed by atoms with Gasteiger partial charge in [-0.3, -0.25) is 4.79 Å². The molecule has 192 valence electrons. The molecule has 0 unspecified atom stereocenters. The Morgan fingerprint density at radius 3 is 2.25 bits per heavy atom. The molecule has 0 spiro atoms. The van der Waals surface area contributed by atoms with Crippen LogP contribution in [0.4, 0.5) is 0 Å². The van der Waals surface area contributed by atoms with Gasteiger partial charge < -0.3 is 10.1 Å². The highest BCUT2D eigenvalue weighted by atomic mass is 32.2. The minimum atomic E-state index is -3.82. The zero-order valence-corrected chi connectivity index (χ0v) is 21.4. The maximum absolute atomic E-state index is 12.7. The Balaban J connectivity index is 1.15. The number of hydrogen-bond acceptors (Lipinski definition) is 5. The molecule has 36 heavy (non-hydrogen) atoms. The summed E-state index contributed by atoms with van der Waals surface area (Å²) in [6, 6.07) is 14.9. The second-order valence-corrected chi connectivity index (χ2v) is 12.8. The van der Waals surface area contributed by atoms with Crippen LogP contribution in [0.2, 0.25) is 0 Å². The van der Waals surface area contributed by atoms with E-state index in [1.54, 1.807) is 0 Å². The third-order valence-electron chi connectivity index (χ3n) is 8.41. The van der Waals surface area contributed by atoms with Gasteiger partial charge in [-0.05, 0) is 92.4 Å². The quantitative estimate of drug-likeness (QED) is 0.496. The van der Waals surface area contributed by atoms with Gasteiger partial charge in [0.2, 0.25) is 10.0 Å². The van der Waals surface area contributed by atoms with E-state index in [4.69, 9.17) is 4.74 Å². The zero-order chi connectivity index (χ0) is 25.3. The molecule has 4 bridgehead atoms. The molecule has 4 fully saturated rings. The second kappa shape index (κ2) is 9.98. The molecule has 4 saturated carbocycles. The number of carbonyl (C=O) groups excluding carboxylic acids is 2. The Kier molecular flexibility index (Phi) is 6.92. The molecule has 0 aliphatic heterocycles. The van der Waals surface area contributed by atoms with Crippen molar-refractivity contribution in [3.05, 3.63) is 65.7 Å². The normalized spacial score (nSPS) is 27.4. The van der Waals surface area contributed by atoms with Crippen LogP contribution in [0.15, 0.2) is 59.5 Å². The molecule has 0 saturated heterocycles. The average Bonchev–Trinajstić information content (AvgIpc) is 2.86. The largest absolute Gasteiger partial charge is 0.452 e. The topological polar surface area (TPSA) is 102 Å². The Morgan fingerprint density at radius 2 is 1.61 bits per heavy atom. The fourth-order valence-electron chi connectivity index (χ4n) is 7.01. The van der Waals surface area contributed by atoms with Crippen LogP contribution in [0.5, 0.6) is 0 Å². The summed E-state index contributed by atoms with van der Waals surface area (Å²) < 4.78 is 33.2. The van der Waals surface area contributed by atoms with Crippen molar-refractivity contribution in [2.45, 2.75) is 62.9 Å². The lowest BCUT2D eigenvalue weighted by Crippen LogP contribution is -2.56. The third kappa shape index (κ3) is 5.34. The highest BCUT2D eigenvalue weighted by molar-refractivity contribution is 7.89. The van der Waals surface area contributed by atoms with Crippen LogP contribution in [0.3, 0.4) is 0 Å². The molecule has 6 rings (SSSR count). The number of amides is 1. The van der Waals surface area contributed by atoms with Crippen molar-refractivity contribution in [2.24, 2.45) is 23.2 Å². The van der Waals surface area contributed by atoms with E-state index in [0.717, 1.165) is 23.3 Å². The summed E-state index contributed by atoms with van der Waals surface area (Å²) in [4.78, 5) is 25.2. The molecule has 2 N–H and O–H groups in total. The molecule has 0 heterocycles. The molecule has 4 aliphatic rings. The Hall–Kier alpha value is -2.71. The van der Waals surface area contributed by atoms with Crippen molar-refractivity contribution in [3.63, 3.8) is 0 Å². The SMILES string of the molecule is C[C@@H](NC(=O)COC(=O)c1cccc(S(=O)(=O)NCc2ccccc2)c1)C12CC3CC(CC(C3)C1)C2. The standard InChI is InChI=1S/C28H34N2O5S/c1-19(28-14-21-10-22(15-28)12-23(11-21)16-28)30-26(31)18-35-27(32)24-8-5-9-25(13-24)36(33,34)29-17-20-6-3-2-4-7-20/h2-9,13,19,21-23,29H,10-12,14-18H2,1H3,(H,30,31)/t19-,21?,22?,23?,28?/m1/s1. The molecule has 0 radical (unpaired) electrons. The van der Waals surface area contributed by atoms with E-state index in [1.165, 1.54) is 62.8 Å². The van der Waals surface area contributed by atoms with E-state index < -0.39 is 22.6 Å². The lowest BCUT2D eigenvalue weighted by molar-refractivity contribution is -0.128. The molecular formula is C28H34N2O5S. The molecule has 2 aromatic carbocycles. The summed E-state index contributed by atoms with van der Waals surface area (Å²) in [6.07, 6.45) is 7.57. The first-order valence-corrected chi connectivity index (χ1v) is 14.3. The van der Waals surface area contributed by atoms with Gasteiger partial charge in [0.05, 0.1) is 10.5 Å². The molecule has 2 aromatic rings. The summed E-state index contributed by atoms with van der Waals surface area (Å²) in [5.41, 5.74) is 1.08. The monoisotopic (exact) mass is 510 g/mol. The summed E-state index contributed by atoms with van der Waals surface area (Å²) in [7, 11) is -3.82. The molecule has 1 atom stereocenters. The van der Waals surface area contributed by atoms with Gasteiger partial charge in [-0.25, -0.2) is 17.9 Å². The number of carbonyl (C=O) groups is 2. The van der Waals surface area contributed by atoms with Crippen molar-refractivity contribution in [2.75, 3.05) is 6.61 Å². The summed E-state index contributed by atoms with van der Waals surface area (Å²) in [5, 5.41) is 3.09. The first-order valence-electron chi connectivity index (χ1n) is 12.8. The second-order valence-electron chi connectivity index (χ2n) is 11.0. The maximum Gasteiger partial charge on any atom is 0.338 e. The van der Waals surface area contributed by atoms with Gasteiger partial charge in [-0.15, -0.1) is 0 Å². The van der Waals surface area contributed by atoms with E-state index in [1.807, 2.05) is 30.3 Å². The summed E-state index contributed by atoms with van der Waals surface area (Å²) in [6.45, 7) is 1.84. The third-order valence-corrected chi connectivity index (χ3v) is 9.80. The fourth-order valence-corrected chi connectivity index (χ4v) is 8.07. The van der Waals surface area contributed by atoms with Crippen LogP contribution in [-0.2, 0) is 26.1 Å². The predicted octanol–water partition coefficient (Wildman–Crippen LogP) is 4.04. The van der Waals surface area contributed by atoms with Crippen LogP contribution in [0.1, 0.15) is 61.4 Å². The molecule has 1 amide bonds. The lowest BCUT2D eigenvalue weighted by atomic mass is 9.48. The average molecular weight is 511 g/mol. The number of sulfonamides is 1. The number of benzene rings is 2. The van der Waals surface area contributed by atoms with Crippen LogP contribution >= 0.6 is 0 Å². The van der Waals surface area contributed by atoms with Crippen molar-refractivity contribution < 1.29 is 22.7 Å². The van der Waals surface area contributed by atoms with Crippen LogP contribution in [0.25, 0.3) is 0 Å². The van der Waals surface area contributed by atoms with E-state index in [9.17, 15) is 18.0 Å². The van der Waals surface area contributed by atoms with Gasteiger partial charge >= 0.3 is 5.97 Å². The van der Waals surface area contributed by atoms with Gasteiger partial charge in [0, 0.05) is 12.6 Å². The van der Waals surface area contributed by atoms with E-state index in [-0.39, 0.29) is 34.4 Å². The van der Waals surface area contributed by atoms with Crippen LogP contribution < -0.4 is 10.0 Å². The summed E-state index contributed by atoms with van der Waals surface area (Å²) >= 11 is 0. The summed E-state index contributed by atoms with van der Waals surface area (Å²) in [5.74, 6) is 1.32. The Bertz CT molecular complexity index is 1190. The van der Waals surface area contributed by atoms with Crippen molar-refractivity contribution in [1.29, 1.82) is 0 Å². The highest BCUT2D eigenvalue weighted by Gasteiger charge is 2.53. The first-order chi connectivity index (χ1) is 17.2. The van der Waals surface area contributed by atoms with Crippen molar-refractivity contribution in [1.82, 2.24) is 10.0 Å². The van der Waals surface area contributed by atoms with Crippen LogP contribution in [0, 0.1) is 23.2 Å². The van der Waals surface area contributed by atoms with Gasteiger partial charge in [0.25, 0.3) is 5.91 Å². The minimum absolute atomic E-state index is 0.0345.